The molecule has 3 rings (SSSR count). The minimum absolute atomic E-state index is 0.0153. The molecular formula is C21H20O3. The first kappa shape index (κ1) is 16.2. The van der Waals surface area contributed by atoms with Gasteiger partial charge < -0.3 is 5.11 Å². The summed E-state index contributed by atoms with van der Waals surface area (Å²) in [5.74, 6) is -0.761. The number of benzene rings is 2. The maximum atomic E-state index is 12.2. The smallest absolute Gasteiger partial charge is 0.336 e. The molecular weight excluding hydrogens is 300 g/mol. The fourth-order valence-electron chi connectivity index (χ4n) is 3.20. The predicted octanol–water partition coefficient (Wildman–Crippen LogP) is 4.81. The second-order valence-corrected chi connectivity index (χ2v) is 6.84. The van der Waals surface area contributed by atoms with E-state index in [0.29, 0.717) is 12.0 Å². The van der Waals surface area contributed by atoms with Crippen molar-refractivity contribution in [2.24, 2.45) is 0 Å². The molecule has 3 heteroatoms. The van der Waals surface area contributed by atoms with Gasteiger partial charge in [0.25, 0.3) is 0 Å². The van der Waals surface area contributed by atoms with E-state index in [0.717, 1.165) is 23.1 Å². The minimum Gasteiger partial charge on any atom is -0.478 e. The second kappa shape index (κ2) is 6.08. The normalized spacial score (nSPS) is 16.2. The Hall–Kier alpha value is -2.68. The van der Waals surface area contributed by atoms with Crippen molar-refractivity contribution in [2.75, 3.05) is 0 Å². The van der Waals surface area contributed by atoms with Crippen molar-refractivity contribution in [3.63, 3.8) is 0 Å². The molecule has 0 heterocycles. The van der Waals surface area contributed by atoms with Gasteiger partial charge in [0, 0.05) is 12.0 Å². The summed E-state index contributed by atoms with van der Waals surface area (Å²) in [5.41, 5.74) is 3.72. The molecule has 3 nitrogen and oxygen atoms in total. The van der Waals surface area contributed by atoms with Crippen molar-refractivity contribution in [2.45, 2.75) is 32.1 Å². The van der Waals surface area contributed by atoms with E-state index in [4.69, 9.17) is 0 Å². The lowest BCUT2D eigenvalue weighted by molar-refractivity contribution is 0.0696. The van der Waals surface area contributed by atoms with Crippen LogP contribution in [0.3, 0.4) is 0 Å². The van der Waals surface area contributed by atoms with Crippen LogP contribution in [0.1, 0.15) is 64.1 Å². The number of hydrogen-bond donors (Lipinski definition) is 1. The zero-order valence-electron chi connectivity index (χ0n) is 13.9. The number of aromatic carboxylic acids is 1. The third-order valence-electron chi connectivity index (χ3n) is 4.70. The fourth-order valence-corrected chi connectivity index (χ4v) is 3.20. The topological polar surface area (TPSA) is 54.4 Å². The SMILES string of the molecule is CC1(C)CCC(=O)c2cc(C=Cc3ccccc3C(=O)O)ccc21. The number of rotatable bonds is 3. The van der Waals surface area contributed by atoms with Gasteiger partial charge in [0.15, 0.2) is 5.78 Å². The van der Waals surface area contributed by atoms with E-state index >= 15 is 0 Å². The van der Waals surface area contributed by atoms with Gasteiger partial charge in [0.2, 0.25) is 0 Å². The molecule has 2 aromatic rings. The zero-order chi connectivity index (χ0) is 17.3. The van der Waals surface area contributed by atoms with Crippen molar-refractivity contribution >= 4 is 23.9 Å². The van der Waals surface area contributed by atoms with E-state index < -0.39 is 5.97 Å². The van der Waals surface area contributed by atoms with Gasteiger partial charge in [-0.25, -0.2) is 4.79 Å². The number of carboxylic acids is 1. The lowest BCUT2D eigenvalue weighted by Gasteiger charge is -2.31. The van der Waals surface area contributed by atoms with Gasteiger partial charge in [-0.05, 0) is 40.7 Å². The number of ketones is 1. The lowest BCUT2D eigenvalue weighted by atomic mass is 9.72. The highest BCUT2D eigenvalue weighted by atomic mass is 16.4. The maximum absolute atomic E-state index is 12.2. The number of fused-ring (bicyclic) bond motifs is 1. The first-order valence-electron chi connectivity index (χ1n) is 8.07. The zero-order valence-corrected chi connectivity index (χ0v) is 13.9. The molecule has 0 aliphatic heterocycles. The summed E-state index contributed by atoms with van der Waals surface area (Å²) in [7, 11) is 0. The Morgan fingerprint density at radius 3 is 2.62 bits per heavy atom. The molecule has 0 fully saturated rings. The lowest BCUT2D eigenvalue weighted by Crippen LogP contribution is -2.27. The summed E-state index contributed by atoms with van der Waals surface area (Å²) in [4.78, 5) is 23.5. The van der Waals surface area contributed by atoms with Gasteiger partial charge in [-0.2, -0.15) is 0 Å². The third kappa shape index (κ3) is 3.02. The van der Waals surface area contributed by atoms with Crippen molar-refractivity contribution in [3.05, 3.63) is 70.3 Å². The van der Waals surface area contributed by atoms with Crippen LogP contribution in [0.2, 0.25) is 0 Å². The number of carbonyl (C=O) groups excluding carboxylic acids is 1. The number of hydrogen-bond acceptors (Lipinski definition) is 2. The molecule has 1 N–H and O–H groups in total. The molecule has 0 spiro atoms. The van der Waals surface area contributed by atoms with Crippen LogP contribution in [0.15, 0.2) is 42.5 Å². The van der Waals surface area contributed by atoms with Crippen molar-refractivity contribution in [3.8, 4) is 0 Å². The number of Topliss-reactive ketones (excluding diaryl/α,β-unsaturated/α-hetero) is 1. The van der Waals surface area contributed by atoms with Gasteiger partial charge in [-0.1, -0.05) is 56.3 Å². The molecule has 0 bridgehead atoms. The first-order valence-corrected chi connectivity index (χ1v) is 8.07. The molecule has 0 radical (unpaired) electrons. The van der Waals surface area contributed by atoms with Crippen molar-refractivity contribution in [1.29, 1.82) is 0 Å². The summed E-state index contributed by atoms with van der Waals surface area (Å²) < 4.78 is 0. The van der Waals surface area contributed by atoms with E-state index in [-0.39, 0.29) is 16.8 Å². The fraction of sp³-hybridized carbons (Fsp3) is 0.238. The molecule has 24 heavy (non-hydrogen) atoms. The highest BCUT2D eigenvalue weighted by molar-refractivity contribution is 6.00. The van der Waals surface area contributed by atoms with E-state index in [1.807, 2.05) is 30.3 Å². The Bertz CT molecular complexity index is 844. The minimum atomic E-state index is -0.947. The molecule has 0 aromatic heterocycles. The van der Waals surface area contributed by atoms with E-state index in [2.05, 4.69) is 13.8 Å². The van der Waals surface area contributed by atoms with Gasteiger partial charge in [-0.3, -0.25) is 4.79 Å². The maximum Gasteiger partial charge on any atom is 0.336 e. The summed E-state index contributed by atoms with van der Waals surface area (Å²) in [6.45, 7) is 4.33. The second-order valence-electron chi connectivity index (χ2n) is 6.84. The first-order chi connectivity index (χ1) is 11.4. The van der Waals surface area contributed by atoms with Crippen LogP contribution in [0.25, 0.3) is 12.2 Å². The number of carboxylic acid groups (broad SMARTS) is 1. The largest absolute Gasteiger partial charge is 0.478 e. The van der Waals surface area contributed by atoms with Crippen LogP contribution >= 0.6 is 0 Å². The van der Waals surface area contributed by atoms with Gasteiger partial charge in [-0.15, -0.1) is 0 Å². The summed E-state index contributed by atoms with van der Waals surface area (Å²) >= 11 is 0. The van der Waals surface area contributed by atoms with Gasteiger partial charge in [0.05, 0.1) is 5.56 Å². The standard InChI is InChI=1S/C21H20O3/c1-21(2)12-11-19(22)17-13-14(8-10-18(17)21)7-9-15-5-3-4-6-16(15)20(23)24/h3-10,13H,11-12H2,1-2H3,(H,23,24). The van der Waals surface area contributed by atoms with E-state index in [1.165, 1.54) is 0 Å². The van der Waals surface area contributed by atoms with Crippen LogP contribution < -0.4 is 0 Å². The molecule has 0 saturated heterocycles. The average molecular weight is 320 g/mol. The highest BCUT2D eigenvalue weighted by Gasteiger charge is 2.31. The highest BCUT2D eigenvalue weighted by Crippen LogP contribution is 2.37. The average Bonchev–Trinajstić information content (AvgIpc) is 2.57. The molecule has 0 unspecified atom stereocenters. The summed E-state index contributed by atoms with van der Waals surface area (Å²) in [6.07, 6.45) is 5.09. The van der Waals surface area contributed by atoms with Crippen LogP contribution in [-0.2, 0) is 5.41 Å². The Balaban J connectivity index is 1.97. The molecule has 2 aromatic carbocycles. The third-order valence-corrected chi connectivity index (χ3v) is 4.70. The molecule has 0 saturated carbocycles. The van der Waals surface area contributed by atoms with Crippen LogP contribution in [-0.4, -0.2) is 16.9 Å². The Morgan fingerprint density at radius 1 is 1.12 bits per heavy atom. The van der Waals surface area contributed by atoms with E-state index in [9.17, 15) is 14.7 Å². The Kier molecular flexibility index (Phi) is 4.10. The Labute approximate surface area is 141 Å². The molecule has 0 amide bonds. The molecule has 0 atom stereocenters. The van der Waals surface area contributed by atoms with Crippen LogP contribution in [0.5, 0.6) is 0 Å². The molecule has 1 aliphatic rings. The molecule has 1 aliphatic carbocycles. The summed E-state index contributed by atoms with van der Waals surface area (Å²) in [6, 6.07) is 12.8. The van der Waals surface area contributed by atoms with E-state index in [1.54, 1.807) is 24.3 Å². The molecule has 122 valence electrons. The Morgan fingerprint density at radius 2 is 1.88 bits per heavy atom. The van der Waals surface area contributed by atoms with Crippen LogP contribution in [0.4, 0.5) is 0 Å². The monoisotopic (exact) mass is 320 g/mol. The van der Waals surface area contributed by atoms with Gasteiger partial charge in [0.1, 0.15) is 0 Å². The van der Waals surface area contributed by atoms with Crippen molar-refractivity contribution < 1.29 is 14.7 Å². The van der Waals surface area contributed by atoms with Crippen LogP contribution in [0, 0.1) is 0 Å². The van der Waals surface area contributed by atoms with Gasteiger partial charge >= 0.3 is 5.97 Å². The number of carbonyl (C=O) groups is 2. The van der Waals surface area contributed by atoms with Crippen molar-refractivity contribution in [1.82, 2.24) is 0 Å². The summed E-state index contributed by atoms with van der Waals surface area (Å²) in [5, 5.41) is 9.23. The predicted molar refractivity (Wildman–Crippen MR) is 95.4 cm³/mol. The quantitative estimate of drug-likeness (QED) is 0.826.